The number of carbonyl (C=O) groups excluding carboxylic acids is 1. The highest BCUT2D eigenvalue weighted by Gasteiger charge is 2.19. The van der Waals surface area contributed by atoms with Crippen molar-refractivity contribution in [2.24, 2.45) is 0 Å². The molecule has 0 spiro atoms. The third-order valence-electron chi connectivity index (χ3n) is 4.59. The van der Waals surface area contributed by atoms with Gasteiger partial charge in [0.05, 0.1) is 22.8 Å². The van der Waals surface area contributed by atoms with E-state index in [4.69, 9.17) is 8.92 Å². The van der Waals surface area contributed by atoms with Crippen LogP contribution >= 0.6 is 15.9 Å². The lowest BCUT2D eigenvalue weighted by molar-refractivity contribution is -0.112. The van der Waals surface area contributed by atoms with Crippen LogP contribution in [-0.2, 0) is 14.9 Å². The van der Waals surface area contributed by atoms with E-state index in [-0.39, 0.29) is 31.9 Å². The van der Waals surface area contributed by atoms with Crippen molar-refractivity contribution in [3.8, 4) is 17.6 Å². The molecule has 9 nitrogen and oxygen atoms in total. The molecule has 178 valence electrons. The molecular formula is C24H17BrN2O7S. The molecule has 0 unspecified atom stereocenters. The summed E-state index contributed by atoms with van der Waals surface area (Å²) in [4.78, 5) is 23.8. The highest BCUT2D eigenvalue weighted by molar-refractivity contribution is 9.10. The van der Waals surface area contributed by atoms with Gasteiger partial charge in [-0.05, 0) is 76.1 Å². The number of ether oxygens (including phenoxy) is 1. The first kappa shape index (κ1) is 25.5. The van der Waals surface area contributed by atoms with Gasteiger partial charge in [0, 0.05) is 0 Å². The Morgan fingerprint density at radius 1 is 1.09 bits per heavy atom. The van der Waals surface area contributed by atoms with Gasteiger partial charge in [-0.25, -0.2) is 4.79 Å². The Labute approximate surface area is 209 Å². The molecule has 3 aromatic rings. The van der Waals surface area contributed by atoms with Gasteiger partial charge >= 0.3 is 16.1 Å². The second-order valence-electron chi connectivity index (χ2n) is 6.88. The molecular weight excluding hydrogens is 540 g/mol. The van der Waals surface area contributed by atoms with Gasteiger partial charge in [-0.15, -0.1) is 0 Å². The zero-order valence-corrected chi connectivity index (χ0v) is 20.5. The van der Waals surface area contributed by atoms with Crippen LogP contribution in [0.4, 0.5) is 5.69 Å². The van der Waals surface area contributed by atoms with Gasteiger partial charge in [0.1, 0.15) is 22.3 Å². The Morgan fingerprint density at radius 2 is 1.77 bits per heavy atom. The molecule has 0 saturated carbocycles. The smallest absolute Gasteiger partial charge is 0.339 e. The van der Waals surface area contributed by atoms with Gasteiger partial charge in [-0.3, -0.25) is 4.79 Å². The Bertz CT molecular complexity index is 1460. The average molecular weight is 557 g/mol. The largest absolute Gasteiger partial charge is 0.497 e. The molecule has 0 aromatic heterocycles. The van der Waals surface area contributed by atoms with Crippen LogP contribution in [-0.4, -0.2) is 32.5 Å². The standard InChI is InChI=1S/C24H17BrN2O7S/c1-33-17-7-9-18(10-8-17)35(31,32)34-22-11-6-15(13-20(22)25)12-16(14-26)23(28)27-21-5-3-2-4-19(21)24(29)30/h2-13H,1H3,(H,27,28)(H,29,30)/b16-12+. The lowest BCUT2D eigenvalue weighted by atomic mass is 10.1. The van der Waals surface area contributed by atoms with Crippen LogP contribution in [0.2, 0.25) is 0 Å². The van der Waals surface area contributed by atoms with Crippen molar-refractivity contribution in [3.05, 3.63) is 87.9 Å². The van der Waals surface area contributed by atoms with Gasteiger partial charge < -0.3 is 19.3 Å². The number of amides is 1. The summed E-state index contributed by atoms with van der Waals surface area (Å²) in [6.07, 6.45) is 1.27. The van der Waals surface area contributed by atoms with E-state index in [1.807, 2.05) is 0 Å². The maximum Gasteiger partial charge on any atom is 0.339 e. The highest BCUT2D eigenvalue weighted by atomic mass is 79.9. The number of carbonyl (C=O) groups is 2. The molecule has 11 heteroatoms. The number of carboxylic acids is 1. The number of methoxy groups -OCH3 is 1. The number of nitriles is 1. The second-order valence-corrected chi connectivity index (χ2v) is 9.28. The minimum Gasteiger partial charge on any atom is -0.497 e. The third kappa shape index (κ3) is 6.26. The number of nitrogens with one attached hydrogen (secondary N) is 1. The van der Waals surface area contributed by atoms with Crippen LogP contribution in [0.25, 0.3) is 6.08 Å². The van der Waals surface area contributed by atoms with Gasteiger partial charge in [0.25, 0.3) is 5.91 Å². The SMILES string of the molecule is COc1ccc(S(=O)(=O)Oc2ccc(/C=C(\C#N)C(=O)Nc3ccccc3C(=O)O)cc2Br)cc1. The minimum absolute atomic E-state index is 0.00341. The molecule has 1 amide bonds. The molecule has 0 saturated heterocycles. The number of nitrogens with zero attached hydrogens (tertiary/aromatic N) is 1. The molecule has 35 heavy (non-hydrogen) atoms. The first-order valence-electron chi connectivity index (χ1n) is 9.78. The van der Waals surface area contributed by atoms with Gasteiger partial charge in [0.15, 0.2) is 5.75 Å². The molecule has 0 aliphatic rings. The Kier molecular flexibility index (Phi) is 7.91. The Morgan fingerprint density at radius 3 is 2.37 bits per heavy atom. The fourth-order valence-electron chi connectivity index (χ4n) is 2.87. The summed E-state index contributed by atoms with van der Waals surface area (Å²) >= 11 is 3.24. The number of hydrogen-bond donors (Lipinski definition) is 2. The third-order valence-corrected chi connectivity index (χ3v) is 6.45. The average Bonchev–Trinajstić information content (AvgIpc) is 2.84. The molecule has 0 atom stereocenters. The summed E-state index contributed by atoms with van der Waals surface area (Å²) in [5.74, 6) is -1.55. The predicted molar refractivity (Wildman–Crippen MR) is 131 cm³/mol. The minimum atomic E-state index is -4.13. The number of aromatic carboxylic acids is 1. The van der Waals surface area contributed by atoms with Crippen molar-refractivity contribution in [2.75, 3.05) is 12.4 Å². The number of halogens is 1. The molecule has 0 heterocycles. The summed E-state index contributed by atoms with van der Waals surface area (Å²) < 4.78 is 35.6. The summed E-state index contributed by atoms with van der Waals surface area (Å²) in [6.45, 7) is 0. The number of anilines is 1. The van der Waals surface area contributed by atoms with E-state index in [9.17, 15) is 28.4 Å². The maximum absolute atomic E-state index is 12.6. The summed E-state index contributed by atoms with van der Waals surface area (Å²) in [5, 5.41) is 21.1. The van der Waals surface area contributed by atoms with Crippen molar-refractivity contribution in [1.82, 2.24) is 0 Å². The monoisotopic (exact) mass is 556 g/mol. The molecule has 0 radical (unpaired) electrons. The normalized spacial score (nSPS) is 11.3. The lowest BCUT2D eigenvalue weighted by Gasteiger charge is -2.10. The van der Waals surface area contributed by atoms with Crippen molar-refractivity contribution in [2.45, 2.75) is 4.90 Å². The molecule has 0 aliphatic carbocycles. The number of rotatable bonds is 8. The molecule has 3 rings (SSSR count). The summed E-state index contributed by atoms with van der Waals surface area (Å²) in [6, 6.07) is 17.5. The first-order chi connectivity index (χ1) is 16.6. The highest BCUT2D eigenvalue weighted by Crippen LogP contribution is 2.30. The Balaban J connectivity index is 1.81. The zero-order valence-electron chi connectivity index (χ0n) is 18.1. The number of carboxylic acid groups (broad SMARTS) is 1. The predicted octanol–water partition coefficient (Wildman–Crippen LogP) is 4.47. The number of hydrogen-bond acceptors (Lipinski definition) is 7. The summed E-state index contributed by atoms with van der Waals surface area (Å²) in [7, 11) is -2.66. The quantitative estimate of drug-likeness (QED) is 0.235. The van der Waals surface area contributed by atoms with Crippen LogP contribution < -0.4 is 14.2 Å². The van der Waals surface area contributed by atoms with Crippen LogP contribution in [0, 0.1) is 11.3 Å². The van der Waals surface area contributed by atoms with E-state index >= 15 is 0 Å². The fraction of sp³-hybridized carbons (Fsp3) is 0.0417. The van der Waals surface area contributed by atoms with E-state index in [0.29, 0.717) is 11.3 Å². The van der Waals surface area contributed by atoms with E-state index in [0.717, 1.165) is 0 Å². The van der Waals surface area contributed by atoms with Gasteiger partial charge in [0.2, 0.25) is 0 Å². The maximum atomic E-state index is 12.6. The van der Waals surface area contributed by atoms with Crippen LogP contribution in [0.5, 0.6) is 11.5 Å². The van der Waals surface area contributed by atoms with Crippen molar-refractivity contribution in [3.63, 3.8) is 0 Å². The van der Waals surface area contributed by atoms with Crippen LogP contribution in [0.3, 0.4) is 0 Å². The topological polar surface area (TPSA) is 143 Å². The van der Waals surface area contributed by atoms with Crippen LogP contribution in [0.15, 0.2) is 81.7 Å². The summed E-state index contributed by atoms with van der Waals surface area (Å²) in [5.41, 5.74) is 0.0150. The molecule has 2 N–H and O–H groups in total. The first-order valence-corrected chi connectivity index (χ1v) is 12.0. The van der Waals surface area contributed by atoms with E-state index < -0.39 is 22.0 Å². The van der Waals surface area contributed by atoms with Crippen molar-refractivity contribution >= 4 is 49.7 Å². The van der Waals surface area contributed by atoms with Gasteiger partial charge in [-0.1, -0.05) is 18.2 Å². The zero-order chi connectivity index (χ0) is 25.6. The lowest BCUT2D eigenvalue weighted by Crippen LogP contribution is -2.16. The fourth-order valence-corrected chi connectivity index (χ4v) is 4.40. The molecule has 3 aromatic carbocycles. The second kappa shape index (κ2) is 10.9. The van der Waals surface area contributed by atoms with Crippen LogP contribution in [0.1, 0.15) is 15.9 Å². The van der Waals surface area contributed by atoms with Gasteiger partial charge in [-0.2, -0.15) is 13.7 Å². The van der Waals surface area contributed by atoms with E-state index in [2.05, 4.69) is 21.2 Å². The van der Waals surface area contributed by atoms with Crippen molar-refractivity contribution < 1.29 is 32.0 Å². The van der Waals surface area contributed by atoms with E-state index in [1.165, 1.54) is 73.8 Å². The van der Waals surface area contributed by atoms with Crippen molar-refractivity contribution in [1.29, 1.82) is 5.26 Å². The number of benzene rings is 3. The Hall–Kier alpha value is -4.14. The molecule has 0 bridgehead atoms. The van der Waals surface area contributed by atoms with E-state index in [1.54, 1.807) is 12.1 Å². The molecule has 0 fully saturated rings. The molecule has 0 aliphatic heterocycles. The number of para-hydroxylation sites is 1.